The molecule has 1 aromatic rings. The van der Waals surface area contributed by atoms with Crippen LogP contribution in [0.1, 0.15) is 25.5 Å². The van der Waals surface area contributed by atoms with Crippen molar-refractivity contribution in [3.63, 3.8) is 0 Å². The van der Waals surface area contributed by atoms with Gasteiger partial charge in [-0.3, -0.25) is 0 Å². The minimum atomic E-state index is -1.03. The van der Waals surface area contributed by atoms with Gasteiger partial charge in [0.2, 0.25) is 0 Å². The van der Waals surface area contributed by atoms with E-state index in [4.69, 9.17) is 9.47 Å². The Morgan fingerprint density at radius 2 is 1.55 bits per heavy atom. The molecule has 0 aliphatic carbocycles. The largest absolute Gasteiger partial charge is 0.452 e. The molecule has 0 spiro atoms. The molecule has 0 heterocycles. The summed E-state index contributed by atoms with van der Waals surface area (Å²) in [5, 5.41) is 9.52. The minimum Gasteiger partial charge on any atom is -0.452 e. The van der Waals surface area contributed by atoms with Gasteiger partial charge in [0.15, 0.2) is 12.2 Å². The van der Waals surface area contributed by atoms with Gasteiger partial charge in [-0.25, -0.2) is 9.59 Å². The highest BCUT2D eigenvalue weighted by molar-refractivity contribution is 5.88. The molecule has 0 radical (unpaired) electrons. The molecule has 1 N–H and O–H groups in total. The van der Waals surface area contributed by atoms with Crippen LogP contribution >= 0.6 is 0 Å². The zero-order valence-corrected chi connectivity index (χ0v) is 12.7. The summed E-state index contributed by atoms with van der Waals surface area (Å²) in [5.41, 5.74) is 1.01. The van der Waals surface area contributed by atoms with Crippen molar-refractivity contribution in [2.24, 2.45) is 0 Å². The maximum atomic E-state index is 11.8. The van der Waals surface area contributed by atoms with Crippen molar-refractivity contribution in [3.05, 3.63) is 60.2 Å². The van der Waals surface area contributed by atoms with Gasteiger partial charge in [0.1, 0.15) is 0 Å². The van der Waals surface area contributed by atoms with Crippen LogP contribution < -0.4 is 0 Å². The van der Waals surface area contributed by atoms with Crippen LogP contribution in [0.15, 0.2) is 54.6 Å². The van der Waals surface area contributed by atoms with E-state index in [1.54, 1.807) is 30.3 Å². The average Bonchev–Trinajstić information content (AvgIpc) is 2.50. The fraction of sp³-hybridized carbons (Fsp3) is 0.294. The third-order valence-corrected chi connectivity index (χ3v) is 2.84. The van der Waals surface area contributed by atoms with Crippen LogP contribution in [0.3, 0.4) is 0 Å². The Morgan fingerprint density at radius 1 is 1.05 bits per heavy atom. The smallest absolute Gasteiger partial charge is 0.333 e. The number of hydrogen-bond acceptors (Lipinski definition) is 5. The van der Waals surface area contributed by atoms with E-state index in [0.717, 1.165) is 0 Å². The molecule has 0 bridgehead atoms. The molecule has 118 valence electrons. The third-order valence-electron chi connectivity index (χ3n) is 2.84. The molecule has 0 aliphatic heterocycles. The number of esters is 2. The highest BCUT2D eigenvalue weighted by Gasteiger charge is 2.30. The van der Waals surface area contributed by atoms with E-state index in [0.29, 0.717) is 5.56 Å². The first-order chi connectivity index (χ1) is 10.4. The summed E-state index contributed by atoms with van der Waals surface area (Å²) < 4.78 is 10.5. The van der Waals surface area contributed by atoms with Gasteiger partial charge in [-0.1, -0.05) is 43.5 Å². The maximum Gasteiger partial charge on any atom is 0.333 e. The van der Waals surface area contributed by atoms with Crippen molar-refractivity contribution in [3.8, 4) is 0 Å². The van der Waals surface area contributed by atoms with Gasteiger partial charge in [0.05, 0.1) is 6.61 Å². The Hall–Kier alpha value is -2.40. The second-order valence-electron chi connectivity index (χ2n) is 4.92. The molecule has 2 unspecified atom stereocenters. The summed E-state index contributed by atoms with van der Waals surface area (Å²) in [7, 11) is 0. The molecule has 5 heteroatoms. The van der Waals surface area contributed by atoms with Gasteiger partial charge < -0.3 is 14.6 Å². The molecule has 1 rings (SSSR count). The molecule has 0 amide bonds. The molecule has 22 heavy (non-hydrogen) atoms. The van der Waals surface area contributed by atoms with E-state index >= 15 is 0 Å². The van der Waals surface area contributed by atoms with Gasteiger partial charge in [0, 0.05) is 11.1 Å². The van der Waals surface area contributed by atoms with E-state index < -0.39 is 30.8 Å². The van der Waals surface area contributed by atoms with Crippen molar-refractivity contribution >= 4 is 11.9 Å². The van der Waals surface area contributed by atoms with Crippen LogP contribution in [-0.4, -0.2) is 29.8 Å². The molecular formula is C17H20O5. The number of aliphatic hydroxyl groups is 1. The standard InChI is InChI=1S/C17H20O5/c1-11(2)16(19)21-14(10-18)15(22-17(20)12(3)4)13-8-6-5-7-9-13/h5-9,14-15,18H,1,3,10H2,2,4H3. The van der Waals surface area contributed by atoms with Gasteiger partial charge in [-0.2, -0.15) is 0 Å². The van der Waals surface area contributed by atoms with Gasteiger partial charge in [0.25, 0.3) is 0 Å². The molecular weight excluding hydrogens is 284 g/mol. The van der Waals surface area contributed by atoms with Gasteiger partial charge in [-0.05, 0) is 19.4 Å². The van der Waals surface area contributed by atoms with Crippen LogP contribution in [-0.2, 0) is 19.1 Å². The van der Waals surface area contributed by atoms with Crippen LogP contribution in [0, 0.1) is 0 Å². The summed E-state index contributed by atoms with van der Waals surface area (Å²) in [5.74, 6) is -1.29. The van der Waals surface area contributed by atoms with E-state index in [2.05, 4.69) is 13.2 Å². The molecule has 0 fully saturated rings. The van der Waals surface area contributed by atoms with Gasteiger partial charge in [-0.15, -0.1) is 0 Å². The molecule has 1 aromatic carbocycles. The summed E-state index contributed by atoms with van der Waals surface area (Å²) in [4.78, 5) is 23.5. The number of ether oxygens (including phenoxy) is 2. The van der Waals surface area contributed by atoms with E-state index in [1.165, 1.54) is 13.8 Å². The SMILES string of the molecule is C=C(C)C(=O)OC(CO)C(OC(=O)C(=C)C)c1ccccc1. The van der Waals surface area contributed by atoms with E-state index in [-0.39, 0.29) is 11.1 Å². The summed E-state index contributed by atoms with van der Waals surface area (Å²) in [6, 6.07) is 8.74. The average molecular weight is 304 g/mol. The predicted octanol–water partition coefficient (Wildman–Crippen LogP) is 2.33. The number of aliphatic hydroxyl groups excluding tert-OH is 1. The Bertz CT molecular complexity index is 562. The van der Waals surface area contributed by atoms with Crippen LogP contribution in [0.25, 0.3) is 0 Å². The Kier molecular flexibility index (Phi) is 6.53. The second kappa shape index (κ2) is 8.14. The summed E-state index contributed by atoms with van der Waals surface area (Å²) in [6.07, 6.45) is -1.96. The van der Waals surface area contributed by atoms with Crippen molar-refractivity contribution in [1.29, 1.82) is 0 Å². The highest BCUT2D eigenvalue weighted by Crippen LogP contribution is 2.25. The Balaban J connectivity index is 3.06. The molecule has 2 atom stereocenters. The first kappa shape index (κ1) is 17.7. The van der Waals surface area contributed by atoms with Crippen molar-refractivity contribution in [2.75, 3.05) is 6.61 Å². The van der Waals surface area contributed by atoms with E-state index in [1.807, 2.05) is 0 Å². The lowest BCUT2D eigenvalue weighted by atomic mass is 10.0. The van der Waals surface area contributed by atoms with E-state index in [9.17, 15) is 14.7 Å². The quantitative estimate of drug-likeness (QED) is 0.618. The van der Waals surface area contributed by atoms with Crippen LogP contribution in [0.2, 0.25) is 0 Å². The normalized spacial score (nSPS) is 12.9. The summed E-state index contributed by atoms with van der Waals surface area (Å²) >= 11 is 0. The third kappa shape index (κ3) is 4.86. The zero-order valence-electron chi connectivity index (χ0n) is 12.7. The Morgan fingerprint density at radius 3 is 2.00 bits per heavy atom. The Labute approximate surface area is 129 Å². The van der Waals surface area contributed by atoms with Gasteiger partial charge >= 0.3 is 11.9 Å². The van der Waals surface area contributed by atoms with Crippen molar-refractivity contribution in [1.82, 2.24) is 0 Å². The number of rotatable bonds is 7. The maximum absolute atomic E-state index is 11.8. The van der Waals surface area contributed by atoms with Crippen LogP contribution in [0.4, 0.5) is 0 Å². The van der Waals surface area contributed by atoms with Crippen molar-refractivity contribution < 1.29 is 24.2 Å². The number of benzene rings is 1. The number of carbonyl (C=O) groups is 2. The number of hydrogen-bond donors (Lipinski definition) is 1. The number of carbonyl (C=O) groups excluding carboxylic acids is 2. The molecule has 0 aromatic heterocycles. The first-order valence-electron chi connectivity index (χ1n) is 6.75. The molecule has 0 saturated heterocycles. The molecule has 0 aliphatic rings. The first-order valence-corrected chi connectivity index (χ1v) is 6.75. The monoisotopic (exact) mass is 304 g/mol. The van der Waals surface area contributed by atoms with Crippen molar-refractivity contribution in [2.45, 2.75) is 26.1 Å². The molecule has 0 saturated carbocycles. The van der Waals surface area contributed by atoms with Crippen LogP contribution in [0.5, 0.6) is 0 Å². The predicted molar refractivity (Wildman–Crippen MR) is 81.9 cm³/mol. The lowest BCUT2D eigenvalue weighted by Gasteiger charge is -2.26. The lowest BCUT2D eigenvalue weighted by molar-refractivity contribution is -0.166. The fourth-order valence-corrected chi connectivity index (χ4v) is 1.65. The summed E-state index contributed by atoms with van der Waals surface area (Å²) in [6.45, 7) is 9.51. The highest BCUT2D eigenvalue weighted by atomic mass is 16.6. The molecule has 5 nitrogen and oxygen atoms in total. The fourth-order valence-electron chi connectivity index (χ4n) is 1.65. The second-order valence-corrected chi connectivity index (χ2v) is 4.92. The topological polar surface area (TPSA) is 72.8 Å². The zero-order chi connectivity index (χ0) is 16.7. The lowest BCUT2D eigenvalue weighted by Crippen LogP contribution is -2.32. The minimum absolute atomic E-state index is 0.191.